The lowest BCUT2D eigenvalue weighted by atomic mass is 10.3. The summed E-state index contributed by atoms with van der Waals surface area (Å²) in [5.41, 5.74) is 1.05. The standard InChI is InChI=1S/C12H12BrNOS2/c1-8-5-7-16-11(8)12(15)14-6-4-9-2-3-10(13)17-9/h2-3,5,7H,4,6H2,1H3,(H,14,15). The predicted octanol–water partition coefficient (Wildman–Crippen LogP) is 3.85. The van der Waals surface area contributed by atoms with Crippen LogP contribution in [0, 0.1) is 6.92 Å². The molecule has 0 aliphatic heterocycles. The van der Waals surface area contributed by atoms with Gasteiger partial charge in [0.15, 0.2) is 0 Å². The van der Waals surface area contributed by atoms with Crippen LogP contribution >= 0.6 is 38.6 Å². The first kappa shape index (κ1) is 12.8. The van der Waals surface area contributed by atoms with Crippen LogP contribution in [0.15, 0.2) is 27.4 Å². The minimum atomic E-state index is 0.0353. The number of nitrogens with one attached hydrogen (secondary N) is 1. The molecule has 0 atom stereocenters. The van der Waals surface area contributed by atoms with Gasteiger partial charge in [-0.15, -0.1) is 22.7 Å². The van der Waals surface area contributed by atoms with Crippen molar-refractivity contribution in [1.29, 1.82) is 0 Å². The maximum Gasteiger partial charge on any atom is 0.261 e. The van der Waals surface area contributed by atoms with Gasteiger partial charge in [0.2, 0.25) is 0 Å². The first-order valence-corrected chi connectivity index (χ1v) is 7.72. The molecule has 0 unspecified atom stereocenters. The number of amides is 1. The van der Waals surface area contributed by atoms with E-state index in [2.05, 4.69) is 27.3 Å². The predicted molar refractivity (Wildman–Crippen MR) is 77.1 cm³/mol. The van der Waals surface area contributed by atoms with E-state index in [1.54, 1.807) is 11.3 Å². The van der Waals surface area contributed by atoms with Gasteiger partial charge in [0, 0.05) is 11.4 Å². The fourth-order valence-electron chi connectivity index (χ4n) is 1.47. The van der Waals surface area contributed by atoms with Crippen molar-refractivity contribution < 1.29 is 4.79 Å². The van der Waals surface area contributed by atoms with Crippen LogP contribution in [0.25, 0.3) is 0 Å². The van der Waals surface area contributed by atoms with Gasteiger partial charge in [-0.2, -0.15) is 0 Å². The highest BCUT2D eigenvalue weighted by atomic mass is 79.9. The van der Waals surface area contributed by atoms with E-state index in [0.717, 1.165) is 20.6 Å². The summed E-state index contributed by atoms with van der Waals surface area (Å²) >= 11 is 6.63. The van der Waals surface area contributed by atoms with Gasteiger partial charge in [0.1, 0.15) is 0 Å². The van der Waals surface area contributed by atoms with Gasteiger partial charge < -0.3 is 5.32 Å². The third-order valence-corrected chi connectivity index (χ3v) is 5.05. The lowest BCUT2D eigenvalue weighted by Crippen LogP contribution is -2.25. The number of hydrogen-bond donors (Lipinski definition) is 1. The van der Waals surface area contributed by atoms with Crippen molar-refractivity contribution in [3.63, 3.8) is 0 Å². The molecule has 0 saturated heterocycles. The van der Waals surface area contributed by atoms with Crippen LogP contribution in [0.2, 0.25) is 0 Å². The van der Waals surface area contributed by atoms with E-state index in [0.29, 0.717) is 6.54 Å². The Morgan fingerprint density at radius 3 is 2.82 bits per heavy atom. The van der Waals surface area contributed by atoms with E-state index in [4.69, 9.17) is 0 Å². The molecule has 0 fully saturated rings. The SMILES string of the molecule is Cc1ccsc1C(=O)NCCc1ccc(Br)s1. The zero-order valence-corrected chi connectivity index (χ0v) is 12.5. The second-order valence-corrected chi connectivity index (χ2v) is 7.11. The number of hydrogen-bond acceptors (Lipinski definition) is 3. The van der Waals surface area contributed by atoms with Crippen LogP contribution in [0.3, 0.4) is 0 Å². The van der Waals surface area contributed by atoms with Gasteiger partial charge in [-0.3, -0.25) is 4.79 Å². The molecule has 2 rings (SSSR count). The van der Waals surface area contributed by atoms with Crippen molar-refractivity contribution in [2.75, 3.05) is 6.54 Å². The van der Waals surface area contributed by atoms with Crippen LogP contribution in [-0.4, -0.2) is 12.5 Å². The molecule has 17 heavy (non-hydrogen) atoms. The number of rotatable bonds is 4. The molecule has 0 radical (unpaired) electrons. The molecule has 2 aromatic heterocycles. The highest BCUT2D eigenvalue weighted by Gasteiger charge is 2.09. The number of halogens is 1. The Morgan fingerprint density at radius 1 is 1.41 bits per heavy atom. The Morgan fingerprint density at radius 2 is 2.24 bits per heavy atom. The molecule has 0 aromatic carbocycles. The lowest BCUT2D eigenvalue weighted by molar-refractivity contribution is 0.0957. The van der Waals surface area contributed by atoms with E-state index in [1.165, 1.54) is 16.2 Å². The summed E-state index contributed by atoms with van der Waals surface area (Å²) in [5, 5.41) is 4.89. The second-order valence-electron chi connectivity index (χ2n) is 3.64. The van der Waals surface area contributed by atoms with Crippen molar-refractivity contribution >= 4 is 44.5 Å². The van der Waals surface area contributed by atoms with Crippen LogP contribution in [0.5, 0.6) is 0 Å². The molecule has 0 saturated carbocycles. The smallest absolute Gasteiger partial charge is 0.261 e. The van der Waals surface area contributed by atoms with E-state index in [9.17, 15) is 4.79 Å². The van der Waals surface area contributed by atoms with Crippen molar-refractivity contribution in [2.24, 2.45) is 0 Å². The maximum atomic E-state index is 11.8. The molecule has 1 amide bonds. The van der Waals surface area contributed by atoms with Crippen LogP contribution in [0.1, 0.15) is 20.1 Å². The van der Waals surface area contributed by atoms with Gasteiger partial charge in [-0.05, 0) is 58.4 Å². The van der Waals surface area contributed by atoms with Crippen LogP contribution < -0.4 is 5.32 Å². The molecule has 1 N–H and O–H groups in total. The summed E-state index contributed by atoms with van der Waals surface area (Å²) in [5.74, 6) is 0.0353. The Hall–Kier alpha value is -0.650. The summed E-state index contributed by atoms with van der Waals surface area (Å²) in [7, 11) is 0. The molecule has 0 spiro atoms. The topological polar surface area (TPSA) is 29.1 Å². The Labute approximate surface area is 117 Å². The maximum absolute atomic E-state index is 11.8. The van der Waals surface area contributed by atoms with Gasteiger partial charge in [-0.1, -0.05) is 0 Å². The molecule has 90 valence electrons. The van der Waals surface area contributed by atoms with Gasteiger partial charge in [0.05, 0.1) is 8.66 Å². The fourth-order valence-corrected chi connectivity index (χ4v) is 3.80. The Balaban J connectivity index is 1.83. The summed E-state index contributed by atoms with van der Waals surface area (Å²) < 4.78 is 1.13. The first-order valence-electron chi connectivity index (χ1n) is 5.23. The molecular formula is C12H12BrNOS2. The highest BCUT2D eigenvalue weighted by molar-refractivity contribution is 9.11. The van der Waals surface area contributed by atoms with E-state index >= 15 is 0 Å². The Kier molecular flexibility index (Phi) is 4.36. The van der Waals surface area contributed by atoms with Gasteiger partial charge in [-0.25, -0.2) is 0 Å². The quantitative estimate of drug-likeness (QED) is 0.906. The first-order chi connectivity index (χ1) is 8.16. The van der Waals surface area contributed by atoms with Gasteiger partial charge in [0.25, 0.3) is 5.91 Å². The van der Waals surface area contributed by atoms with Crippen molar-refractivity contribution in [1.82, 2.24) is 5.32 Å². The molecule has 2 aromatic rings. The summed E-state index contributed by atoms with van der Waals surface area (Å²) in [6.45, 7) is 2.64. The van der Waals surface area contributed by atoms with Crippen LogP contribution in [-0.2, 0) is 6.42 Å². The normalized spacial score (nSPS) is 10.5. The summed E-state index contributed by atoms with van der Waals surface area (Å²) in [6, 6.07) is 6.08. The van der Waals surface area contributed by atoms with E-state index < -0.39 is 0 Å². The lowest BCUT2D eigenvalue weighted by Gasteiger charge is -2.03. The molecule has 5 heteroatoms. The zero-order chi connectivity index (χ0) is 12.3. The van der Waals surface area contributed by atoms with Crippen molar-refractivity contribution in [3.05, 3.63) is 42.7 Å². The molecular weight excluding hydrogens is 318 g/mol. The zero-order valence-electron chi connectivity index (χ0n) is 9.33. The molecule has 2 nitrogen and oxygen atoms in total. The Bertz CT molecular complexity index is 518. The average Bonchev–Trinajstić information content (AvgIpc) is 2.87. The number of carbonyl (C=O) groups is 1. The average molecular weight is 330 g/mol. The van der Waals surface area contributed by atoms with Gasteiger partial charge >= 0.3 is 0 Å². The minimum absolute atomic E-state index is 0.0353. The molecule has 2 heterocycles. The number of aryl methyl sites for hydroxylation is 1. The second kappa shape index (κ2) is 5.80. The van der Waals surface area contributed by atoms with Crippen molar-refractivity contribution in [3.8, 4) is 0 Å². The third-order valence-electron chi connectivity index (χ3n) is 2.35. The fraction of sp³-hybridized carbons (Fsp3) is 0.250. The minimum Gasteiger partial charge on any atom is -0.351 e. The van der Waals surface area contributed by atoms with E-state index in [-0.39, 0.29) is 5.91 Å². The van der Waals surface area contributed by atoms with Crippen LogP contribution in [0.4, 0.5) is 0 Å². The third kappa shape index (κ3) is 3.40. The molecule has 0 bridgehead atoms. The summed E-state index contributed by atoms with van der Waals surface area (Å²) in [4.78, 5) is 13.9. The van der Waals surface area contributed by atoms with E-state index in [1.807, 2.05) is 24.4 Å². The molecule has 0 aliphatic carbocycles. The monoisotopic (exact) mass is 329 g/mol. The van der Waals surface area contributed by atoms with Crippen molar-refractivity contribution in [2.45, 2.75) is 13.3 Å². The number of carbonyl (C=O) groups excluding carboxylic acids is 1. The summed E-state index contributed by atoms with van der Waals surface area (Å²) in [6.07, 6.45) is 0.881. The highest BCUT2D eigenvalue weighted by Crippen LogP contribution is 2.22. The largest absolute Gasteiger partial charge is 0.351 e. The number of thiophene rings is 2. The molecule has 0 aliphatic rings.